The van der Waals surface area contributed by atoms with E-state index in [1.165, 1.54) is 17.5 Å². The molecule has 2 aromatic rings. The van der Waals surface area contributed by atoms with Crippen molar-refractivity contribution in [3.05, 3.63) is 47.0 Å². The molecule has 1 aliphatic heterocycles. The molecular formula is C14H17N3. The van der Waals surface area contributed by atoms with E-state index in [1.54, 1.807) is 0 Å². The fraction of sp³-hybridized carbons (Fsp3) is 0.429. The van der Waals surface area contributed by atoms with Crippen LogP contribution in [0, 0.1) is 13.8 Å². The molecule has 0 saturated carbocycles. The number of hydrogen-bond acceptors (Lipinski definition) is 2. The summed E-state index contributed by atoms with van der Waals surface area (Å²) in [6.07, 6.45) is 2.23. The maximum Gasteiger partial charge on any atom is 0.133 e. The molecule has 0 aliphatic carbocycles. The molecule has 3 nitrogen and oxygen atoms in total. The van der Waals surface area contributed by atoms with Gasteiger partial charge in [-0.3, -0.25) is 0 Å². The number of hydrogen-bond donors (Lipinski definition) is 0. The van der Waals surface area contributed by atoms with E-state index in [2.05, 4.69) is 46.0 Å². The third-order valence-corrected chi connectivity index (χ3v) is 3.76. The van der Waals surface area contributed by atoms with Crippen molar-refractivity contribution < 1.29 is 0 Å². The second-order valence-corrected chi connectivity index (χ2v) is 4.87. The minimum atomic E-state index is 0.610. The minimum Gasteiger partial charge on any atom is -0.315 e. The van der Waals surface area contributed by atoms with Gasteiger partial charge in [0.05, 0.1) is 0 Å². The molecule has 2 heterocycles. The Labute approximate surface area is 101 Å². The van der Waals surface area contributed by atoms with Crippen LogP contribution in [0.4, 0.5) is 0 Å². The van der Waals surface area contributed by atoms with Gasteiger partial charge in [0.1, 0.15) is 11.6 Å². The average Bonchev–Trinajstić information content (AvgIpc) is 2.71. The van der Waals surface area contributed by atoms with Crippen molar-refractivity contribution in [2.75, 3.05) is 0 Å². The lowest BCUT2D eigenvalue weighted by Gasteiger charge is -2.25. The van der Waals surface area contributed by atoms with Gasteiger partial charge in [-0.1, -0.05) is 24.3 Å². The Bertz CT molecular complexity index is 542. The van der Waals surface area contributed by atoms with Crippen molar-refractivity contribution in [2.45, 2.75) is 39.2 Å². The Hall–Kier alpha value is -1.64. The smallest absolute Gasteiger partial charge is 0.133 e. The first-order valence-electron chi connectivity index (χ1n) is 6.20. The molecule has 88 valence electrons. The largest absolute Gasteiger partial charge is 0.315 e. The molecular weight excluding hydrogens is 210 g/mol. The first-order valence-corrected chi connectivity index (χ1v) is 6.20. The van der Waals surface area contributed by atoms with Crippen molar-refractivity contribution in [1.29, 1.82) is 0 Å². The van der Waals surface area contributed by atoms with Crippen molar-refractivity contribution in [2.24, 2.45) is 0 Å². The SMILES string of the molecule is Cc1ccccc1C1CCc2nnc(C)n2C1. The minimum absolute atomic E-state index is 0.610. The number of aromatic nitrogens is 3. The summed E-state index contributed by atoms with van der Waals surface area (Å²) < 4.78 is 2.26. The second-order valence-electron chi connectivity index (χ2n) is 4.87. The number of nitrogens with zero attached hydrogens (tertiary/aromatic N) is 3. The molecule has 0 bridgehead atoms. The van der Waals surface area contributed by atoms with Gasteiger partial charge < -0.3 is 4.57 Å². The highest BCUT2D eigenvalue weighted by Crippen LogP contribution is 2.30. The Balaban J connectivity index is 1.94. The lowest BCUT2D eigenvalue weighted by atomic mass is 9.89. The van der Waals surface area contributed by atoms with Crippen LogP contribution >= 0.6 is 0 Å². The van der Waals surface area contributed by atoms with Crippen LogP contribution in [0.2, 0.25) is 0 Å². The van der Waals surface area contributed by atoms with Gasteiger partial charge in [0.15, 0.2) is 0 Å². The van der Waals surface area contributed by atoms with Gasteiger partial charge in [-0.25, -0.2) is 0 Å². The maximum atomic E-state index is 4.22. The third-order valence-electron chi connectivity index (χ3n) is 3.76. The molecule has 0 amide bonds. The molecule has 0 N–H and O–H groups in total. The van der Waals surface area contributed by atoms with Crippen molar-refractivity contribution >= 4 is 0 Å². The number of rotatable bonds is 1. The van der Waals surface area contributed by atoms with Gasteiger partial charge in [-0.05, 0) is 31.4 Å². The molecule has 0 spiro atoms. The van der Waals surface area contributed by atoms with Gasteiger partial charge in [-0.2, -0.15) is 0 Å². The highest BCUT2D eigenvalue weighted by Gasteiger charge is 2.23. The summed E-state index contributed by atoms with van der Waals surface area (Å²) in [4.78, 5) is 0. The van der Waals surface area contributed by atoms with Gasteiger partial charge in [0.2, 0.25) is 0 Å². The molecule has 0 saturated heterocycles. The first kappa shape index (κ1) is 10.5. The summed E-state index contributed by atoms with van der Waals surface area (Å²) in [6.45, 7) is 5.26. The Morgan fingerprint density at radius 3 is 2.82 bits per heavy atom. The summed E-state index contributed by atoms with van der Waals surface area (Å²) in [5.41, 5.74) is 2.87. The van der Waals surface area contributed by atoms with E-state index in [1.807, 2.05) is 6.92 Å². The highest BCUT2D eigenvalue weighted by atomic mass is 15.3. The molecule has 1 aliphatic rings. The molecule has 17 heavy (non-hydrogen) atoms. The predicted octanol–water partition coefficient (Wildman–Crippen LogP) is 2.62. The van der Waals surface area contributed by atoms with E-state index in [-0.39, 0.29) is 0 Å². The summed E-state index contributed by atoms with van der Waals surface area (Å²) in [7, 11) is 0. The summed E-state index contributed by atoms with van der Waals surface area (Å²) in [5.74, 6) is 2.80. The van der Waals surface area contributed by atoms with E-state index in [9.17, 15) is 0 Å². The number of benzene rings is 1. The van der Waals surface area contributed by atoms with Crippen molar-refractivity contribution in [3.63, 3.8) is 0 Å². The van der Waals surface area contributed by atoms with Gasteiger partial charge in [0, 0.05) is 18.9 Å². The zero-order valence-corrected chi connectivity index (χ0v) is 10.3. The van der Waals surface area contributed by atoms with Gasteiger partial charge in [0.25, 0.3) is 0 Å². The summed E-state index contributed by atoms with van der Waals surface area (Å²) >= 11 is 0. The fourth-order valence-electron chi connectivity index (χ4n) is 2.76. The van der Waals surface area contributed by atoms with E-state index < -0.39 is 0 Å². The van der Waals surface area contributed by atoms with E-state index in [0.717, 1.165) is 24.6 Å². The van der Waals surface area contributed by atoms with Crippen LogP contribution in [0.15, 0.2) is 24.3 Å². The molecule has 1 aromatic heterocycles. The zero-order valence-electron chi connectivity index (χ0n) is 10.3. The maximum absolute atomic E-state index is 4.22. The van der Waals surface area contributed by atoms with E-state index in [0.29, 0.717) is 5.92 Å². The van der Waals surface area contributed by atoms with Crippen LogP contribution < -0.4 is 0 Å². The lowest BCUT2D eigenvalue weighted by Crippen LogP contribution is -2.20. The average molecular weight is 227 g/mol. The van der Waals surface area contributed by atoms with Gasteiger partial charge >= 0.3 is 0 Å². The van der Waals surface area contributed by atoms with E-state index in [4.69, 9.17) is 0 Å². The monoisotopic (exact) mass is 227 g/mol. The van der Waals surface area contributed by atoms with Crippen molar-refractivity contribution in [3.8, 4) is 0 Å². The Morgan fingerprint density at radius 2 is 2.00 bits per heavy atom. The second kappa shape index (κ2) is 3.99. The predicted molar refractivity (Wildman–Crippen MR) is 67.0 cm³/mol. The quantitative estimate of drug-likeness (QED) is 0.749. The summed E-state index contributed by atoms with van der Waals surface area (Å²) in [6, 6.07) is 8.70. The number of aryl methyl sites for hydroxylation is 3. The van der Waals surface area contributed by atoms with Gasteiger partial charge in [-0.15, -0.1) is 10.2 Å². The Kier molecular flexibility index (Phi) is 2.46. The summed E-state index contributed by atoms with van der Waals surface area (Å²) in [5, 5.41) is 8.38. The standard InChI is InChI=1S/C14H17N3/c1-10-5-3-4-6-13(10)12-7-8-14-16-15-11(2)17(14)9-12/h3-6,12H,7-9H2,1-2H3. The molecule has 1 unspecified atom stereocenters. The van der Waals surface area contributed by atoms with Crippen LogP contribution in [0.3, 0.4) is 0 Å². The topological polar surface area (TPSA) is 30.7 Å². The molecule has 3 heteroatoms. The molecule has 1 aromatic carbocycles. The highest BCUT2D eigenvalue weighted by molar-refractivity contribution is 5.30. The first-order chi connectivity index (χ1) is 8.25. The van der Waals surface area contributed by atoms with Crippen LogP contribution in [0.25, 0.3) is 0 Å². The zero-order chi connectivity index (χ0) is 11.8. The van der Waals surface area contributed by atoms with Crippen LogP contribution in [-0.2, 0) is 13.0 Å². The third kappa shape index (κ3) is 1.75. The van der Waals surface area contributed by atoms with Crippen LogP contribution in [0.1, 0.15) is 35.1 Å². The number of fused-ring (bicyclic) bond motifs is 1. The van der Waals surface area contributed by atoms with Crippen LogP contribution in [-0.4, -0.2) is 14.8 Å². The Morgan fingerprint density at radius 1 is 1.18 bits per heavy atom. The molecule has 0 radical (unpaired) electrons. The van der Waals surface area contributed by atoms with Crippen LogP contribution in [0.5, 0.6) is 0 Å². The molecule has 3 rings (SSSR count). The normalized spacial score (nSPS) is 19.1. The fourth-order valence-corrected chi connectivity index (χ4v) is 2.76. The molecule has 1 atom stereocenters. The molecule has 0 fully saturated rings. The van der Waals surface area contributed by atoms with Crippen molar-refractivity contribution in [1.82, 2.24) is 14.8 Å². The lowest BCUT2D eigenvalue weighted by molar-refractivity contribution is 0.449. The van der Waals surface area contributed by atoms with E-state index >= 15 is 0 Å².